The standard InChI is InChI=1S/C10H18F3NS/c1-14-9-5-3-2-4-8(9)6-7-15-10(11,12)13/h8-9,14H,2-7H2,1H3. The molecule has 0 radical (unpaired) electrons. The average molecular weight is 241 g/mol. The molecule has 1 aliphatic rings. The molecule has 0 aromatic heterocycles. The molecule has 1 rings (SSSR count). The second-order valence-electron chi connectivity index (χ2n) is 4.02. The molecule has 15 heavy (non-hydrogen) atoms. The lowest BCUT2D eigenvalue weighted by Gasteiger charge is -2.31. The Morgan fingerprint density at radius 3 is 2.53 bits per heavy atom. The van der Waals surface area contributed by atoms with Crippen LogP contribution in [0.5, 0.6) is 0 Å². The van der Waals surface area contributed by atoms with E-state index in [1.807, 2.05) is 7.05 Å². The summed E-state index contributed by atoms with van der Waals surface area (Å²) in [7, 11) is 1.90. The van der Waals surface area contributed by atoms with Crippen molar-refractivity contribution in [2.45, 2.75) is 43.7 Å². The molecule has 5 heteroatoms. The van der Waals surface area contributed by atoms with E-state index in [1.165, 1.54) is 12.8 Å². The Labute approximate surface area is 93.2 Å². The molecule has 0 heterocycles. The highest BCUT2D eigenvalue weighted by Crippen LogP contribution is 2.34. The molecule has 90 valence electrons. The molecule has 0 saturated heterocycles. The van der Waals surface area contributed by atoms with E-state index < -0.39 is 5.51 Å². The third-order valence-electron chi connectivity index (χ3n) is 3.03. The van der Waals surface area contributed by atoms with Crippen molar-refractivity contribution in [2.75, 3.05) is 12.8 Å². The molecule has 1 N–H and O–H groups in total. The van der Waals surface area contributed by atoms with Gasteiger partial charge < -0.3 is 5.32 Å². The van der Waals surface area contributed by atoms with Crippen LogP contribution in [0.1, 0.15) is 32.1 Å². The van der Waals surface area contributed by atoms with E-state index in [2.05, 4.69) is 5.32 Å². The van der Waals surface area contributed by atoms with Crippen molar-refractivity contribution in [1.82, 2.24) is 5.32 Å². The van der Waals surface area contributed by atoms with Crippen LogP contribution in [0.25, 0.3) is 0 Å². The lowest BCUT2D eigenvalue weighted by atomic mass is 9.83. The van der Waals surface area contributed by atoms with E-state index in [1.54, 1.807) is 0 Å². The fourth-order valence-corrected chi connectivity index (χ4v) is 2.91. The number of hydrogen-bond donors (Lipinski definition) is 1. The Balaban J connectivity index is 2.23. The number of halogens is 3. The monoisotopic (exact) mass is 241 g/mol. The predicted octanol–water partition coefficient (Wildman–Crippen LogP) is 3.41. The summed E-state index contributed by atoms with van der Waals surface area (Å²) < 4.78 is 35.8. The van der Waals surface area contributed by atoms with Crippen LogP contribution in [0.4, 0.5) is 13.2 Å². The third-order valence-corrected chi connectivity index (χ3v) is 3.80. The van der Waals surface area contributed by atoms with Crippen molar-refractivity contribution in [1.29, 1.82) is 0 Å². The summed E-state index contributed by atoms with van der Waals surface area (Å²) in [6, 6.07) is 0.424. The van der Waals surface area contributed by atoms with Gasteiger partial charge >= 0.3 is 5.51 Å². The van der Waals surface area contributed by atoms with E-state index in [0.717, 1.165) is 12.8 Å². The van der Waals surface area contributed by atoms with Gasteiger partial charge in [-0.3, -0.25) is 0 Å². The van der Waals surface area contributed by atoms with Gasteiger partial charge in [-0.2, -0.15) is 13.2 Å². The Kier molecular flexibility index (Phi) is 5.26. The molecule has 1 fully saturated rings. The van der Waals surface area contributed by atoms with Crippen LogP contribution in [0.15, 0.2) is 0 Å². The van der Waals surface area contributed by atoms with Crippen molar-refractivity contribution >= 4 is 11.8 Å². The van der Waals surface area contributed by atoms with Crippen molar-refractivity contribution in [3.63, 3.8) is 0 Å². The molecule has 0 amide bonds. The van der Waals surface area contributed by atoms with Crippen LogP contribution >= 0.6 is 11.8 Å². The molecule has 0 aromatic carbocycles. The van der Waals surface area contributed by atoms with Gasteiger partial charge in [0.1, 0.15) is 0 Å². The summed E-state index contributed by atoms with van der Waals surface area (Å²) >= 11 is 0.112. The minimum atomic E-state index is -4.07. The summed E-state index contributed by atoms with van der Waals surface area (Å²) in [6.07, 6.45) is 5.23. The van der Waals surface area contributed by atoms with Gasteiger partial charge in [-0.1, -0.05) is 24.6 Å². The lowest BCUT2D eigenvalue weighted by Crippen LogP contribution is -2.36. The number of rotatable bonds is 4. The molecule has 0 spiro atoms. The quantitative estimate of drug-likeness (QED) is 0.809. The minimum Gasteiger partial charge on any atom is -0.317 e. The van der Waals surface area contributed by atoms with E-state index in [0.29, 0.717) is 18.4 Å². The molecule has 0 bridgehead atoms. The molecule has 1 nitrogen and oxygen atoms in total. The smallest absolute Gasteiger partial charge is 0.317 e. The molecular formula is C10H18F3NS. The first-order valence-electron chi connectivity index (χ1n) is 5.41. The fourth-order valence-electron chi connectivity index (χ4n) is 2.26. The van der Waals surface area contributed by atoms with Crippen molar-refractivity contribution in [3.8, 4) is 0 Å². The van der Waals surface area contributed by atoms with E-state index in [-0.39, 0.29) is 17.5 Å². The molecule has 2 atom stereocenters. The highest BCUT2D eigenvalue weighted by atomic mass is 32.2. The fraction of sp³-hybridized carbons (Fsp3) is 1.00. The van der Waals surface area contributed by atoms with Crippen molar-refractivity contribution in [2.24, 2.45) is 5.92 Å². The minimum absolute atomic E-state index is 0.112. The summed E-state index contributed by atoms with van der Waals surface area (Å²) in [5, 5.41) is 3.21. The molecule has 1 aliphatic carbocycles. The second-order valence-corrected chi connectivity index (χ2v) is 5.18. The number of alkyl halides is 3. The summed E-state index contributed by atoms with van der Waals surface area (Å²) in [6.45, 7) is 0. The maximum absolute atomic E-state index is 11.9. The largest absolute Gasteiger partial charge is 0.441 e. The van der Waals surface area contributed by atoms with Crippen LogP contribution in [0, 0.1) is 5.92 Å². The van der Waals surface area contributed by atoms with Gasteiger partial charge in [-0.25, -0.2) is 0 Å². The van der Waals surface area contributed by atoms with Crippen LogP contribution in [-0.4, -0.2) is 24.4 Å². The van der Waals surface area contributed by atoms with Crippen molar-refractivity contribution < 1.29 is 13.2 Å². The SMILES string of the molecule is CNC1CCCCC1CCSC(F)(F)F. The summed E-state index contributed by atoms with van der Waals surface area (Å²) in [5.41, 5.74) is -4.07. The number of nitrogens with one attached hydrogen (secondary N) is 1. The Bertz CT molecular complexity index is 184. The normalized spacial score (nSPS) is 28.0. The first-order valence-corrected chi connectivity index (χ1v) is 6.39. The Hall–Kier alpha value is 0.100. The zero-order valence-corrected chi connectivity index (χ0v) is 9.76. The van der Waals surface area contributed by atoms with Crippen LogP contribution < -0.4 is 5.32 Å². The van der Waals surface area contributed by atoms with E-state index in [4.69, 9.17) is 0 Å². The number of hydrogen-bond acceptors (Lipinski definition) is 2. The maximum atomic E-state index is 11.9. The zero-order valence-electron chi connectivity index (χ0n) is 8.94. The van der Waals surface area contributed by atoms with Crippen LogP contribution in [-0.2, 0) is 0 Å². The van der Waals surface area contributed by atoms with Gasteiger partial charge in [-0.15, -0.1) is 0 Å². The van der Waals surface area contributed by atoms with Gasteiger partial charge in [0.15, 0.2) is 0 Å². The van der Waals surface area contributed by atoms with Crippen LogP contribution in [0.2, 0.25) is 0 Å². The van der Waals surface area contributed by atoms with E-state index >= 15 is 0 Å². The van der Waals surface area contributed by atoms with Crippen LogP contribution in [0.3, 0.4) is 0 Å². The topological polar surface area (TPSA) is 12.0 Å². The van der Waals surface area contributed by atoms with Crippen molar-refractivity contribution in [3.05, 3.63) is 0 Å². The highest BCUT2D eigenvalue weighted by molar-refractivity contribution is 8.00. The molecule has 1 saturated carbocycles. The summed E-state index contributed by atoms with van der Waals surface area (Å²) in [4.78, 5) is 0. The highest BCUT2D eigenvalue weighted by Gasteiger charge is 2.29. The average Bonchev–Trinajstić information content (AvgIpc) is 2.16. The number of thioether (sulfide) groups is 1. The summed E-state index contributed by atoms with van der Waals surface area (Å²) in [5.74, 6) is 0.630. The van der Waals surface area contributed by atoms with Gasteiger partial charge in [-0.05, 0) is 32.2 Å². The van der Waals surface area contributed by atoms with Gasteiger partial charge in [0.25, 0.3) is 0 Å². The molecular weight excluding hydrogens is 223 g/mol. The molecule has 0 aliphatic heterocycles. The third kappa shape index (κ3) is 5.11. The van der Waals surface area contributed by atoms with E-state index in [9.17, 15) is 13.2 Å². The predicted molar refractivity (Wildman–Crippen MR) is 57.9 cm³/mol. The first-order chi connectivity index (χ1) is 7.03. The second kappa shape index (κ2) is 5.99. The lowest BCUT2D eigenvalue weighted by molar-refractivity contribution is -0.0328. The Morgan fingerprint density at radius 2 is 1.93 bits per heavy atom. The van der Waals surface area contributed by atoms with Gasteiger partial charge in [0.05, 0.1) is 0 Å². The molecule has 0 aromatic rings. The maximum Gasteiger partial charge on any atom is 0.441 e. The van der Waals surface area contributed by atoms with Gasteiger partial charge in [0.2, 0.25) is 0 Å². The Morgan fingerprint density at radius 1 is 1.27 bits per heavy atom. The zero-order chi connectivity index (χ0) is 11.3. The first kappa shape index (κ1) is 13.2. The molecule has 2 unspecified atom stereocenters. The van der Waals surface area contributed by atoms with Gasteiger partial charge in [0, 0.05) is 11.8 Å².